The third-order valence-electron chi connectivity index (χ3n) is 3.81. The molecule has 0 aromatic carbocycles. The maximum atomic E-state index is 12.4. The van der Waals surface area contributed by atoms with Gasteiger partial charge in [-0.15, -0.1) is 0 Å². The molecule has 0 saturated carbocycles. The third kappa shape index (κ3) is 9.54. The van der Waals surface area contributed by atoms with Crippen LogP contribution in [0.4, 0.5) is 4.79 Å². The van der Waals surface area contributed by atoms with E-state index in [4.69, 9.17) is 18.3 Å². The number of hydrogen-bond donors (Lipinski definition) is 3. The van der Waals surface area contributed by atoms with Gasteiger partial charge in [-0.3, -0.25) is 0 Å². The Labute approximate surface area is 179 Å². The van der Waals surface area contributed by atoms with Crippen molar-refractivity contribution in [1.29, 1.82) is 0 Å². The molecule has 1 fully saturated rings. The van der Waals surface area contributed by atoms with Gasteiger partial charge in [-0.2, -0.15) is 0 Å². The predicted octanol–water partition coefficient (Wildman–Crippen LogP) is 0.490. The Balaban J connectivity index is 2.47. The van der Waals surface area contributed by atoms with Gasteiger partial charge in [-0.25, -0.2) is 0 Å². The number of ether oxygens (including phenoxy) is 2. The number of thioether (sulfide) groups is 1. The molecule has 30 heavy (non-hydrogen) atoms. The number of esters is 1. The summed E-state index contributed by atoms with van der Waals surface area (Å²) in [6.07, 6.45) is -1.94. The van der Waals surface area contributed by atoms with E-state index in [1.54, 1.807) is 13.8 Å². The van der Waals surface area contributed by atoms with Crippen molar-refractivity contribution < 1.29 is 47.1 Å². The zero-order valence-corrected chi connectivity index (χ0v) is 19.2. The van der Waals surface area contributed by atoms with Crippen LogP contribution in [0.2, 0.25) is 0 Å². The first-order valence-electron chi connectivity index (χ1n) is 9.06. The van der Waals surface area contributed by atoms with E-state index in [0.717, 1.165) is 11.8 Å². The molecular weight excluding hydrogens is 443 g/mol. The van der Waals surface area contributed by atoms with Crippen molar-refractivity contribution in [2.24, 2.45) is 5.41 Å². The van der Waals surface area contributed by atoms with Gasteiger partial charge in [0.05, 0.1) is 0 Å². The van der Waals surface area contributed by atoms with Gasteiger partial charge in [0.1, 0.15) is 0 Å². The predicted molar refractivity (Wildman–Crippen MR) is 108 cm³/mol. The quantitative estimate of drug-likeness (QED) is 0.176. The van der Waals surface area contributed by atoms with Crippen LogP contribution in [0.15, 0.2) is 0 Å². The van der Waals surface area contributed by atoms with Crippen LogP contribution in [0.1, 0.15) is 27.2 Å². The van der Waals surface area contributed by atoms with Crippen LogP contribution in [0.3, 0.4) is 0 Å². The molecule has 14 heteroatoms. The summed E-state index contributed by atoms with van der Waals surface area (Å²) in [5.41, 5.74) is -0.787. The molecule has 1 heterocycles. The minimum atomic E-state index is -4.25. The summed E-state index contributed by atoms with van der Waals surface area (Å²) in [5, 5.41) is 4.87. The van der Waals surface area contributed by atoms with E-state index >= 15 is 0 Å². The molecule has 0 aliphatic carbocycles. The first-order chi connectivity index (χ1) is 14.0. The molecule has 174 valence electrons. The fourth-order valence-corrected chi connectivity index (χ4v) is 4.42. The number of alkyl carbamates (subject to hydrolysis) is 1. The molecule has 12 nitrogen and oxygen atoms in total. The summed E-state index contributed by atoms with van der Waals surface area (Å²) in [7, 11) is -3.00. The summed E-state index contributed by atoms with van der Waals surface area (Å²) in [6, 6.07) is 0. The van der Waals surface area contributed by atoms with Crippen molar-refractivity contribution in [2.45, 2.75) is 33.3 Å². The minimum absolute atomic E-state index is 0.0159. The Morgan fingerprint density at radius 1 is 1.23 bits per heavy atom. The Kier molecular flexibility index (Phi) is 10.9. The summed E-state index contributed by atoms with van der Waals surface area (Å²) in [6.45, 7) is 4.36. The molecule has 0 unspecified atom stereocenters. The van der Waals surface area contributed by atoms with Crippen LogP contribution in [0.25, 0.3) is 0 Å². The molecule has 0 spiro atoms. The molecule has 1 saturated heterocycles. The Morgan fingerprint density at radius 3 is 2.57 bits per heavy atom. The monoisotopic (exact) mass is 472 g/mol. The number of rotatable bonds is 10. The number of carbonyl (C=O) groups is 4. The van der Waals surface area contributed by atoms with E-state index in [1.807, 2.05) is 0 Å². The van der Waals surface area contributed by atoms with Crippen LogP contribution in [0, 0.1) is 5.41 Å². The van der Waals surface area contributed by atoms with E-state index in [-0.39, 0.29) is 31.2 Å². The number of carbonyl (C=O) groups excluding carboxylic acids is 4. The van der Waals surface area contributed by atoms with E-state index in [0.29, 0.717) is 5.75 Å². The van der Waals surface area contributed by atoms with Crippen molar-refractivity contribution in [3.05, 3.63) is 0 Å². The normalized spacial score (nSPS) is 20.5. The number of amides is 2. The van der Waals surface area contributed by atoms with Crippen molar-refractivity contribution >= 4 is 43.0 Å². The van der Waals surface area contributed by atoms with Gasteiger partial charge in [-0.05, 0) is 0 Å². The zero-order chi connectivity index (χ0) is 22.8. The zero-order valence-electron chi connectivity index (χ0n) is 17.3. The topological polar surface area (TPSA) is 159 Å². The molecule has 1 aliphatic heterocycles. The summed E-state index contributed by atoms with van der Waals surface area (Å²) in [5.74, 6) is -0.645. The fourth-order valence-electron chi connectivity index (χ4n) is 2.22. The van der Waals surface area contributed by atoms with E-state index in [2.05, 4.69) is 15.4 Å². The Hall–Kier alpha value is -1.50. The first-order valence-corrected chi connectivity index (χ1v) is 11.7. The van der Waals surface area contributed by atoms with Crippen molar-refractivity contribution in [3.8, 4) is 0 Å². The third-order valence-corrected chi connectivity index (χ3v) is 6.15. The molecule has 1 atom stereocenters. The average Bonchev–Trinajstić information content (AvgIpc) is 2.67. The van der Waals surface area contributed by atoms with Crippen molar-refractivity contribution in [1.82, 2.24) is 10.6 Å². The van der Waals surface area contributed by atoms with Gasteiger partial charge >= 0.3 is 179 Å². The number of hydrogen-bond acceptors (Lipinski definition) is 11. The Bertz CT molecular complexity index is 635. The second-order valence-corrected chi connectivity index (χ2v) is 10.0. The molecular formula is C16H29N2O10PS. The van der Waals surface area contributed by atoms with Crippen molar-refractivity contribution in [3.63, 3.8) is 0 Å². The summed E-state index contributed by atoms with van der Waals surface area (Å²) >= 11 is 1.05. The molecule has 3 N–H and O–H groups in total. The fraction of sp³-hybridized carbons (Fsp3) is 0.750. The van der Waals surface area contributed by atoms with Crippen LogP contribution >= 0.6 is 19.9 Å². The van der Waals surface area contributed by atoms with E-state index in [9.17, 15) is 24.1 Å². The maximum absolute atomic E-state index is 12.4. The van der Waals surface area contributed by atoms with Crippen LogP contribution in [-0.2, 0) is 37.4 Å². The molecule has 0 radical (unpaired) electrons. The molecule has 2 amide bonds. The first kappa shape index (κ1) is 26.5. The van der Waals surface area contributed by atoms with Gasteiger partial charge in [0.2, 0.25) is 0 Å². The van der Waals surface area contributed by atoms with Crippen molar-refractivity contribution in [2.75, 3.05) is 39.4 Å². The van der Waals surface area contributed by atoms with Gasteiger partial charge in [-0.1, -0.05) is 0 Å². The second-order valence-electron chi connectivity index (χ2n) is 6.88. The molecule has 0 aromatic rings. The van der Waals surface area contributed by atoms with Gasteiger partial charge < -0.3 is 0 Å². The SMILES string of the molecule is COC(=O)CCNC(=O)[C@@H]1O[PH](O)(OCOC(=O)NCCSC(C)=O)OCC1(C)C. The number of nitrogens with one attached hydrogen (secondary N) is 2. The number of methoxy groups -OCH3 is 1. The molecule has 0 aromatic heterocycles. The standard InChI is InChI=1S/C16H29N2O10PS/c1-11(19)30-8-7-18-15(22)25-10-27-29(23)26-9-16(2,3)13(28-29)14(21)17-6-5-12(20)24-4/h13,23,29H,5-10H2,1-4H3,(H,17,21)(H,18,22)/t13-/m0/s1. The van der Waals surface area contributed by atoms with Gasteiger partial charge in [0, 0.05) is 0 Å². The van der Waals surface area contributed by atoms with Gasteiger partial charge in [0.25, 0.3) is 0 Å². The molecule has 1 rings (SSSR count). The molecule has 1 aliphatic rings. The van der Waals surface area contributed by atoms with E-state index in [1.165, 1.54) is 14.0 Å². The van der Waals surface area contributed by atoms with E-state index < -0.39 is 44.5 Å². The summed E-state index contributed by atoms with van der Waals surface area (Å²) < 4.78 is 25.0. The second kappa shape index (κ2) is 12.4. The Morgan fingerprint density at radius 2 is 1.93 bits per heavy atom. The molecule has 0 bridgehead atoms. The van der Waals surface area contributed by atoms with Crippen LogP contribution < -0.4 is 10.6 Å². The average molecular weight is 472 g/mol. The van der Waals surface area contributed by atoms with Gasteiger partial charge in [0.15, 0.2) is 0 Å². The van der Waals surface area contributed by atoms with Crippen LogP contribution in [-0.4, -0.2) is 73.4 Å². The van der Waals surface area contributed by atoms with Crippen LogP contribution in [0.5, 0.6) is 0 Å². The summed E-state index contributed by atoms with van der Waals surface area (Å²) in [4.78, 5) is 56.4.